The van der Waals surface area contributed by atoms with Crippen LogP contribution >= 0.6 is 0 Å². The van der Waals surface area contributed by atoms with E-state index >= 15 is 0 Å². The molecule has 25 heavy (non-hydrogen) atoms. The normalized spacial score (nSPS) is 15.0. The zero-order chi connectivity index (χ0) is 18.7. The number of nitrogens with zero attached hydrogens (tertiary/aromatic N) is 1. The zero-order valence-electron chi connectivity index (χ0n) is 16.0. The van der Waals surface area contributed by atoms with Crippen LogP contribution in [0.5, 0.6) is 0 Å². The van der Waals surface area contributed by atoms with E-state index in [-0.39, 0.29) is 0 Å². The molecule has 2 heteroatoms. The molecule has 0 atom stereocenters. The molecular weight excluding hydrogens is 304 g/mol. The van der Waals surface area contributed by atoms with E-state index in [1.807, 2.05) is 12.2 Å². The number of rotatable bonds is 7. The number of hydrogen-bond acceptors (Lipinski definition) is 2. The molecule has 0 aliphatic heterocycles. The van der Waals surface area contributed by atoms with Crippen LogP contribution in [0.25, 0.3) is 5.57 Å². The Balaban J connectivity index is 0.00000151. The first-order chi connectivity index (χ1) is 12.2. The Kier molecular flexibility index (Phi) is 9.46. The Morgan fingerprint density at radius 2 is 1.80 bits per heavy atom. The average molecular weight is 339 g/mol. The van der Waals surface area contributed by atoms with E-state index in [0.29, 0.717) is 0 Å². The highest BCUT2D eigenvalue weighted by molar-refractivity contribution is 5.67. The van der Waals surface area contributed by atoms with E-state index in [1.165, 1.54) is 48.2 Å². The topological polar surface area (TPSA) is 29.3 Å². The monoisotopic (exact) mass is 338 g/mol. The summed E-state index contributed by atoms with van der Waals surface area (Å²) < 4.78 is 0. The standard InChI is InChI=1S/C21H30N2.C2H4/c1-4-18(3)23(16-19-9-5-6-10-19)21-13-11-20(12-14-21)17(2)8-7-15-22;1-2/h7-8,11-15,19H,3-6,9-10,16,22H2,1-2H3;1-2H2/b15-7-,17-8+;. The average Bonchev–Trinajstić information content (AvgIpc) is 3.18. The minimum atomic E-state index is 0.814. The molecule has 1 fully saturated rings. The van der Waals surface area contributed by atoms with E-state index in [1.54, 1.807) is 6.20 Å². The quantitative estimate of drug-likeness (QED) is 0.468. The fraction of sp³-hybridized carbons (Fsp3) is 0.391. The Morgan fingerprint density at radius 3 is 2.32 bits per heavy atom. The lowest BCUT2D eigenvalue weighted by Crippen LogP contribution is -2.27. The molecule has 1 aromatic rings. The van der Waals surface area contributed by atoms with Crippen molar-refractivity contribution < 1.29 is 0 Å². The van der Waals surface area contributed by atoms with Crippen molar-refractivity contribution in [3.8, 4) is 0 Å². The van der Waals surface area contributed by atoms with Gasteiger partial charge in [0.05, 0.1) is 0 Å². The highest BCUT2D eigenvalue weighted by Gasteiger charge is 2.20. The smallest absolute Gasteiger partial charge is 0.0408 e. The summed E-state index contributed by atoms with van der Waals surface area (Å²) in [5.41, 5.74) is 10.3. The maximum Gasteiger partial charge on any atom is 0.0408 e. The lowest BCUT2D eigenvalue weighted by molar-refractivity contribution is 0.545. The van der Waals surface area contributed by atoms with Crippen molar-refractivity contribution in [2.24, 2.45) is 11.7 Å². The summed E-state index contributed by atoms with van der Waals surface area (Å²) in [6.45, 7) is 15.7. The van der Waals surface area contributed by atoms with Gasteiger partial charge in [0.15, 0.2) is 0 Å². The van der Waals surface area contributed by atoms with Gasteiger partial charge in [-0.2, -0.15) is 0 Å². The Hall–Kier alpha value is -2.22. The Morgan fingerprint density at radius 1 is 1.20 bits per heavy atom. The second-order valence-corrected chi connectivity index (χ2v) is 6.46. The number of anilines is 1. The molecule has 1 aliphatic carbocycles. The minimum absolute atomic E-state index is 0.814. The number of benzene rings is 1. The molecule has 0 heterocycles. The largest absolute Gasteiger partial charge is 0.405 e. The molecule has 0 radical (unpaired) electrons. The van der Waals surface area contributed by atoms with Crippen molar-refractivity contribution in [1.29, 1.82) is 0 Å². The molecule has 0 unspecified atom stereocenters. The molecule has 0 bridgehead atoms. The summed E-state index contributed by atoms with van der Waals surface area (Å²) in [4.78, 5) is 2.42. The summed E-state index contributed by atoms with van der Waals surface area (Å²) in [6, 6.07) is 8.81. The van der Waals surface area contributed by atoms with Gasteiger partial charge >= 0.3 is 0 Å². The second-order valence-electron chi connectivity index (χ2n) is 6.46. The van der Waals surface area contributed by atoms with Crippen LogP contribution in [0, 0.1) is 5.92 Å². The van der Waals surface area contributed by atoms with E-state index in [9.17, 15) is 0 Å². The zero-order valence-corrected chi connectivity index (χ0v) is 16.0. The lowest BCUT2D eigenvalue weighted by atomic mass is 10.0. The van der Waals surface area contributed by atoms with Gasteiger partial charge in [-0.05, 0) is 67.6 Å². The van der Waals surface area contributed by atoms with Gasteiger partial charge in [0.25, 0.3) is 0 Å². The highest BCUT2D eigenvalue weighted by atomic mass is 15.1. The SMILES string of the molecule is C=C.C=C(CC)N(CC1CCCC1)c1ccc(/C(C)=C/C=C\N)cc1. The fourth-order valence-corrected chi connectivity index (χ4v) is 3.26. The summed E-state index contributed by atoms with van der Waals surface area (Å²) >= 11 is 0. The van der Waals surface area contributed by atoms with Crippen LogP contribution in [0.1, 0.15) is 51.5 Å². The highest BCUT2D eigenvalue weighted by Crippen LogP contribution is 2.30. The predicted molar refractivity (Wildman–Crippen MR) is 113 cm³/mol. The van der Waals surface area contributed by atoms with Gasteiger partial charge in [-0.15, -0.1) is 13.2 Å². The molecule has 2 rings (SSSR count). The molecule has 1 saturated carbocycles. The number of hydrogen-bond donors (Lipinski definition) is 1. The van der Waals surface area contributed by atoms with Gasteiger partial charge in [-0.25, -0.2) is 0 Å². The van der Waals surface area contributed by atoms with Crippen LogP contribution in [-0.2, 0) is 0 Å². The van der Waals surface area contributed by atoms with E-state index in [2.05, 4.69) is 62.7 Å². The van der Waals surface area contributed by atoms with Gasteiger partial charge in [0, 0.05) is 17.9 Å². The Labute approximate surface area is 154 Å². The summed E-state index contributed by atoms with van der Waals surface area (Å²) in [5.74, 6) is 0.814. The molecule has 2 N–H and O–H groups in total. The van der Waals surface area contributed by atoms with Crippen molar-refractivity contribution in [2.45, 2.75) is 46.0 Å². The van der Waals surface area contributed by atoms with Gasteiger partial charge in [-0.1, -0.05) is 44.6 Å². The Bertz CT molecular complexity index is 575. The van der Waals surface area contributed by atoms with Crippen molar-refractivity contribution in [2.75, 3.05) is 11.4 Å². The third-order valence-corrected chi connectivity index (χ3v) is 4.80. The summed E-state index contributed by atoms with van der Waals surface area (Å²) in [5, 5.41) is 0. The minimum Gasteiger partial charge on any atom is -0.405 e. The maximum absolute atomic E-state index is 5.40. The molecule has 2 nitrogen and oxygen atoms in total. The third kappa shape index (κ3) is 6.30. The van der Waals surface area contributed by atoms with Gasteiger partial charge in [0.1, 0.15) is 0 Å². The van der Waals surface area contributed by atoms with Crippen LogP contribution in [0.2, 0.25) is 0 Å². The molecule has 0 saturated heterocycles. The van der Waals surface area contributed by atoms with Gasteiger partial charge in [-0.3, -0.25) is 0 Å². The summed E-state index contributed by atoms with van der Waals surface area (Å²) in [7, 11) is 0. The third-order valence-electron chi connectivity index (χ3n) is 4.80. The molecular formula is C23H34N2. The van der Waals surface area contributed by atoms with Crippen LogP contribution in [0.15, 0.2) is 68.1 Å². The lowest BCUT2D eigenvalue weighted by Gasteiger charge is -2.29. The fourth-order valence-electron chi connectivity index (χ4n) is 3.26. The molecule has 1 aliphatic rings. The molecule has 0 aromatic heterocycles. The molecule has 0 spiro atoms. The maximum atomic E-state index is 5.40. The first-order valence-electron chi connectivity index (χ1n) is 9.26. The van der Waals surface area contributed by atoms with Crippen LogP contribution in [-0.4, -0.2) is 6.54 Å². The molecule has 1 aromatic carbocycles. The molecule has 136 valence electrons. The number of allylic oxidation sites excluding steroid dienone is 4. The van der Waals surface area contributed by atoms with E-state index in [4.69, 9.17) is 5.73 Å². The summed E-state index contributed by atoms with van der Waals surface area (Å²) in [6.07, 6.45) is 12.0. The van der Waals surface area contributed by atoms with Gasteiger partial charge < -0.3 is 10.6 Å². The second kappa shape index (κ2) is 11.4. The van der Waals surface area contributed by atoms with Crippen molar-refractivity contribution in [3.05, 3.63) is 73.6 Å². The van der Waals surface area contributed by atoms with E-state index < -0.39 is 0 Å². The number of nitrogens with two attached hydrogens (primary N) is 1. The van der Waals surface area contributed by atoms with Crippen LogP contribution in [0.3, 0.4) is 0 Å². The first-order valence-corrected chi connectivity index (χ1v) is 9.26. The van der Waals surface area contributed by atoms with E-state index in [0.717, 1.165) is 18.9 Å². The van der Waals surface area contributed by atoms with Crippen LogP contribution < -0.4 is 10.6 Å². The first kappa shape index (κ1) is 20.8. The predicted octanol–water partition coefficient (Wildman–Crippen LogP) is 6.28. The van der Waals surface area contributed by atoms with Crippen molar-refractivity contribution in [1.82, 2.24) is 0 Å². The van der Waals surface area contributed by atoms with Crippen molar-refractivity contribution >= 4 is 11.3 Å². The molecule has 0 amide bonds. The van der Waals surface area contributed by atoms with Crippen molar-refractivity contribution in [3.63, 3.8) is 0 Å². The van der Waals surface area contributed by atoms with Crippen LogP contribution in [0.4, 0.5) is 5.69 Å². The van der Waals surface area contributed by atoms with Gasteiger partial charge in [0.2, 0.25) is 0 Å².